The lowest BCUT2D eigenvalue weighted by Gasteiger charge is -2.30. The summed E-state index contributed by atoms with van der Waals surface area (Å²) in [6.45, 7) is 6.52. The van der Waals surface area contributed by atoms with Crippen LogP contribution in [-0.4, -0.2) is 28.4 Å². The maximum Gasteiger partial charge on any atom is 0.411 e. The van der Waals surface area contributed by atoms with Crippen LogP contribution >= 0.6 is 0 Å². The van der Waals surface area contributed by atoms with Gasteiger partial charge < -0.3 is 18.5 Å². The van der Waals surface area contributed by atoms with Crippen LogP contribution in [0.15, 0.2) is 53.1 Å². The molecule has 2 aliphatic rings. The van der Waals surface area contributed by atoms with E-state index < -0.39 is 6.09 Å². The van der Waals surface area contributed by atoms with Gasteiger partial charge >= 0.3 is 6.09 Å². The molecular weight excluding hydrogens is 466 g/mol. The Balaban J connectivity index is 1.42. The van der Waals surface area contributed by atoms with Gasteiger partial charge in [0.05, 0.1) is 29.1 Å². The Morgan fingerprint density at radius 1 is 1.16 bits per heavy atom. The van der Waals surface area contributed by atoms with Crippen LogP contribution in [0.5, 0.6) is 5.75 Å². The van der Waals surface area contributed by atoms with Gasteiger partial charge in [-0.05, 0) is 88.6 Å². The van der Waals surface area contributed by atoms with Crippen molar-refractivity contribution in [1.29, 1.82) is 0 Å². The molecule has 2 fully saturated rings. The summed E-state index contributed by atoms with van der Waals surface area (Å²) in [6, 6.07) is 14.6. The number of nitrogens with zero attached hydrogens (tertiary/aromatic N) is 2. The van der Waals surface area contributed by atoms with Crippen molar-refractivity contribution >= 4 is 22.7 Å². The van der Waals surface area contributed by atoms with Gasteiger partial charge in [-0.25, -0.2) is 9.78 Å². The quantitative estimate of drug-likeness (QED) is 0.268. The van der Waals surface area contributed by atoms with Crippen LogP contribution in [0.3, 0.4) is 0 Å². The Morgan fingerprint density at radius 2 is 1.95 bits per heavy atom. The monoisotopic (exact) mass is 499 g/mol. The number of amides is 1. The number of fused-ring (bicyclic) bond motifs is 1. The summed E-state index contributed by atoms with van der Waals surface area (Å²) >= 11 is 0. The minimum atomic E-state index is -0.407. The van der Waals surface area contributed by atoms with E-state index in [2.05, 4.69) is 22.0 Å². The van der Waals surface area contributed by atoms with Crippen molar-refractivity contribution in [2.24, 2.45) is 5.92 Å². The molecule has 7 heteroatoms. The van der Waals surface area contributed by atoms with Gasteiger partial charge in [0.1, 0.15) is 18.1 Å². The van der Waals surface area contributed by atoms with Gasteiger partial charge in [-0.3, -0.25) is 5.32 Å². The van der Waals surface area contributed by atoms with E-state index >= 15 is 0 Å². The van der Waals surface area contributed by atoms with Crippen LogP contribution in [0.25, 0.3) is 33.6 Å². The zero-order chi connectivity index (χ0) is 25.5. The van der Waals surface area contributed by atoms with Crippen LogP contribution < -0.4 is 10.1 Å². The largest absolute Gasteiger partial charge is 0.494 e. The van der Waals surface area contributed by atoms with Crippen LogP contribution in [0.1, 0.15) is 57.7 Å². The maximum atomic E-state index is 12.4. The van der Waals surface area contributed by atoms with E-state index in [1.165, 1.54) is 6.42 Å². The number of anilines is 1. The van der Waals surface area contributed by atoms with Crippen LogP contribution in [0.2, 0.25) is 0 Å². The van der Waals surface area contributed by atoms with Gasteiger partial charge in [-0.1, -0.05) is 12.1 Å². The van der Waals surface area contributed by atoms with Gasteiger partial charge in [-0.2, -0.15) is 0 Å². The Morgan fingerprint density at radius 3 is 2.57 bits per heavy atom. The summed E-state index contributed by atoms with van der Waals surface area (Å²) in [5, 5.41) is 3.97. The molecule has 2 saturated carbocycles. The highest BCUT2D eigenvalue weighted by Crippen LogP contribution is 2.47. The smallest absolute Gasteiger partial charge is 0.411 e. The molecule has 0 bridgehead atoms. The third-order valence-electron chi connectivity index (χ3n) is 7.54. The van der Waals surface area contributed by atoms with Crippen molar-refractivity contribution in [3.05, 3.63) is 54.4 Å². The highest BCUT2D eigenvalue weighted by Gasteiger charge is 2.31. The number of benzene rings is 2. The normalized spacial score (nSPS) is 16.4. The molecule has 0 aliphatic heterocycles. The highest BCUT2D eigenvalue weighted by molar-refractivity contribution is 6.03. The highest BCUT2D eigenvalue weighted by atomic mass is 16.6. The van der Waals surface area contributed by atoms with Crippen molar-refractivity contribution in [2.45, 2.75) is 65.0 Å². The molecule has 192 valence electrons. The third-order valence-corrected chi connectivity index (χ3v) is 7.54. The first-order chi connectivity index (χ1) is 18.0. The van der Waals surface area contributed by atoms with E-state index in [4.69, 9.17) is 18.9 Å². The second kappa shape index (κ2) is 9.61. The Bertz CT molecular complexity index is 1430. The molecule has 6 rings (SSSR count). The summed E-state index contributed by atoms with van der Waals surface area (Å²) in [6.07, 6.45) is 6.98. The Labute approximate surface area is 216 Å². The number of oxazole rings is 1. The molecule has 1 amide bonds. The van der Waals surface area contributed by atoms with Crippen LogP contribution in [0, 0.1) is 12.8 Å². The number of carbonyl (C=O) groups is 1. The van der Waals surface area contributed by atoms with Gasteiger partial charge in [0.2, 0.25) is 5.89 Å². The molecular formula is C30H33N3O4. The predicted molar refractivity (Wildman–Crippen MR) is 144 cm³/mol. The standard InChI is InChI=1S/C30H33N3O4/c1-4-35-24-14-15-25-26(16-24)33(23-6-5-7-23)28(27(25)29-31-18(2)17-36-29)21-10-12-22(13-11-21)32-30(34)37-19(3)20-8-9-20/h10-17,19-20,23H,4-9H2,1-3H3,(H,32,34). The lowest BCUT2D eigenvalue weighted by atomic mass is 9.92. The summed E-state index contributed by atoms with van der Waals surface area (Å²) in [5.74, 6) is 1.97. The van der Waals surface area contributed by atoms with Gasteiger partial charge in [-0.15, -0.1) is 0 Å². The summed E-state index contributed by atoms with van der Waals surface area (Å²) in [5.41, 5.74) is 5.77. The summed E-state index contributed by atoms with van der Waals surface area (Å²) < 4.78 is 19.8. The van der Waals surface area contributed by atoms with E-state index in [-0.39, 0.29) is 6.10 Å². The first kappa shape index (κ1) is 23.6. The molecule has 2 aromatic heterocycles. The molecule has 0 spiro atoms. The molecule has 4 aromatic rings. The average molecular weight is 500 g/mol. The molecule has 7 nitrogen and oxygen atoms in total. The van der Waals surface area contributed by atoms with E-state index in [0.29, 0.717) is 30.1 Å². The van der Waals surface area contributed by atoms with Crippen molar-refractivity contribution < 1.29 is 18.7 Å². The second-order valence-corrected chi connectivity index (χ2v) is 10.2. The fourth-order valence-electron chi connectivity index (χ4n) is 5.23. The third kappa shape index (κ3) is 4.59. The van der Waals surface area contributed by atoms with Crippen LogP contribution in [0.4, 0.5) is 10.5 Å². The summed E-state index contributed by atoms with van der Waals surface area (Å²) in [4.78, 5) is 17.1. The SMILES string of the molecule is CCOc1ccc2c(-c3nc(C)co3)c(-c3ccc(NC(=O)OC(C)C4CC4)cc3)n(C3CCC3)c2c1. The van der Waals surface area contributed by atoms with Crippen molar-refractivity contribution in [3.8, 4) is 28.5 Å². The number of ether oxygens (including phenoxy) is 2. The number of nitrogens with one attached hydrogen (secondary N) is 1. The van der Waals surface area contributed by atoms with E-state index in [0.717, 1.165) is 64.9 Å². The van der Waals surface area contributed by atoms with Crippen molar-refractivity contribution in [1.82, 2.24) is 9.55 Å². The number of carbonyl (C=O) groups excluding carboxylic acids is 1. The van der Waals surface area contributed by atoms with Gasteiger partial charge in [0.15, 0.2) is 0 Å². The Kier molecular flexibility index (Phi) is 6.14. The molecule has 0 radical (unpaired) electrons. The van der Waals surface area contributed by atoms with Gasteiger partial charge in [0.25, 0.3) is 0 Å². The first-order valence-electron chi connectivity index (χ1n) is 13.3. The summed E-state index contributed by atoms with van der Waals surface area (Å²) in [7, 11) is 0. The lowest BCUT2D eigenvalue weighted by molar-refractivity contribution is 0.108. The predicted octanol–water partition coefficient (Wildman–Crippen LogP) is 7.74. The van der Waals surface area contributed by atoms with Crippen molar-refractivity contribution in [2.75, 3.05) is 11.9 Å². The van der Waals surface area contributed by atoms with Crippen LogP contribution in [-0.2, 0) is 4.74 Å². The lowest BCUT2D eigenvalue weighted by Crippen LogP contribution is -2.21. The first-order valence-corrected chi connectivity index (χ1v) is 13.3. The van der Waals surface area contributed by atoms with E-state index in [9.17, 15) is 4.79 Å². The topological polar surface area (TPSA) is 78.5 Å². The molecule has 1 N–H and O–H groups in total. The number of aromatic nitrogens is 2. The second-order valence-electron chi connectivity index (χ2n) is 10.2. The van der Waals surface area contributed by atoms with E-state index in [1.807, 2.05) is 51.1 Å². The van der Waals surface area contributed by atoms with Gasteiger partial charge in [0, 0.05) is 23.2 Å². The number of rotatable bonds is 8. The Hall–Kier alpha value is -3.74. The zero-order valence-corrected chi connectivity index (χ0v) is 21.6. The minimum absolute atomic E-state index is 0.0501. The molecule has 1 atom stereocenters. The molecule has 2 aliphatic carbocycles. The average Bonchev–Trinajstić information content (AvgIpc) is 3.55. The van der Waals surface area contributed by atoms with Crippen molar-refractivity contribution in [3.63, 3.8) is 0 Å². The molecule has 1 unspecified atom stereocenters. The fourth-order valence-corrected chi connectivity index (χ4v) is 5.23. The van der Waals surface area contributed by atoms with E-state index in [1.54, 1.807) is 6.26 Å². The molecule has 2 heterocycles. The number of hydrogen-bond acceptors (Lipinski definition) is 5. The fraction of sp³-hybridized carbons (Fsp3) is 0.400. The molecule has 37 heavy (non-hydrogen) atoms. The zero-order valence-electron chi connectivity index (χ0n) is 21.6. The maximum absolute atomic E-state index is 12.4. The molecule has 0 saturated heterocycles. The molecule has 2 aromatic carbocycles. The number of hydrogen-bond donors (Lipinski definition) is 1. The number of aryl methyl sites for hydroxylation is 1. The minimum Gasteiger partial charge on any atom is -0.494 e.